The Hall–Kier alpha value is -3.68. The van der Waals surface area contributed by atoms with Gasteiger partial charge in [0.25, 0.3) is 5.91 Å². The Morgan fingerprint density at radius 2 is 1.97 bits per heavy atom. The molecule has 1 heterocycles. The Kier molecular flexibility index (Phi) is 5.22. The molecule has 8 heteroatoms. The molecule has 1 unspecified atom stereocenters. The molecule has 1 N–H and O–H groups in total. The number of carboxylic acid groups (broad SMARTS) is 1. The molecule has 0 saturated heterocycles. The van der Waals surface area contributed by atoms with Crippen LogP contribution in [0.5, 0.6) is 5.75 Å². The number of rotatable bonds is 4. The Morgan fingerprint density at radius 1 is 1.19 bits per heavy atom. The summed E-state index contributed by atoms with van der Waals surface area (Å²) < 4.78 is 5.11. The van der Waals surface area contributed by atoms with E-state index in [-0.39, 0.29) is 22.8 Å². The lowest BCUT2D eigenvalue weighted by molar-refractivity contribution is -0.385. The quantitative estimate of drug-likeness (QED) is 0.589. The van der Waals surface area contributed by atoms with E-state index in [1.54, 1.807) is 4.90 Å². The van der Waals surface area contributed by atoms with E-state index in [0.717, 1.165) is 17.7 Å². The van der Waals surface area contributed by atoms with Crippen LogP contribution in [0.4, 0.5) is 11.4 Å². The highest BCUT2D eigenvalue weighted by Gasteiger charge is 2.39. The number of allylic oxidation sites excluding steroid dienone is 1. The number of fused-ring (bicyclic) bond motifs is 1. The average Bonchev–Trinajstić information content (AvgIpc) is 3.10. The number of amides is 1. The number of nitrogens with zero attached hydrogens (tertiary/aromatic N) is 2. The van der Waals surface area contributed by atoms with Crippen molar-refractivity contribution < 1.29 is 24.4 Å². The number of benzene rings is 2. The summed E-state index contributed by atoms with van der Waals surface area (Å²) in [6.45, 7) is 0.415. The molecular formula is C23H22N2O6. The second-order valence-electron chi connectivity index (χ2n) is 7.99. The lowest BCUT2D eigenvalue weighted by Gasteiger charge is -2.26. The summed E-state index contributed by atoms with van der Waals surface area (Å²) in [5.74, 6) is -1.14. The molecule has 2 aromatic rings. The second-order valence-corrected chi connectivity index (χ2v) is 7.99. The number of nitro benzene ring substituents is 1. The molecule has 8 nitrogen and oxygen atoms in total. The monoisotopic (exact) mass is 422 g/mol. The Labute approximate surface area is 178 Å². The molecule has 0 radical (unpaired) electrons. The maximum Gasteiger partial charge on any atom is 0.331 e. The van der Waals surface area contributed by atoms with Gasteiger partial charge in [0, 0.05) is 35.5 Å². The summed E-state index contributed by atoms with van der Waals surface area (Å²) in [5, 5.41) is 20.6. The van der Waals surface area contributed by atoms with E-state index >= 15 is 0 Å². The van der Waals surface area contributed by atoms with Gasteiger partial charge in [0.2, 0.25) is 0 Å². The van der Waals surface area contributed by atoms with Gasteiger partial charge in [-0.1, -0.05) is 24.3 Å². The molecule has 0 saturated carbocycles. The minimum atomic E-state index is -0.889. The molecule has 4 rings (SSSR count). The van der Waals surface area contributed by atoms with Crippen LogP contribution < -0.4 is 9.64 Å². The van der Waals surface area contributed by atoms with Crippen LogP contribution in [-0.4, -0.2) is 35.6 Å². The van der Waals surface area contributed by atoms with Crippen molar-refractivity contribution in [2.75, 3.05) is 18.6 Å². The summed E-state index contributed by atoms with van der Waals surface area (Å²) in [6, 6.07) is 11.7. The van der Waals surface area contributed by atoms with Crippen molar-refractivity contribution in [1.29, 1.82) is 0 Å². The lowest BCUT2D eigenvalue weighted by atomic mass is 9.79. The van der Waals surface area contributed by atoms with Gasteiger partial charge < -0.3 is 14.7 Å². The van der Waals surface area contributed by atoms with Crippen LogP contribution in [-0.2, 0) is 11.2 Å². The van der Waals surface area contributed by atoms with Crippen molar-refractivity contribution in [2.45, 2.75) is 25.7 Å². The van der Waals surface area contributed by atoms with Gasteiger partial charge in [-0.15, -0.1) is 0 Å². The number of ether oxygens (including phenoxy) is 1. The summed E-state index contributed by atoms with van der Waals surface area (Å²) in [7, 11) is 1.33. The molecular weight excluding hydrogens is 400 g/mol. The number of methoxy groups -OCH3 is 1. The SMILES string of the molecule is COc1cc(C(=O)N2CCC3(C=C(C(=O)O)CC3)Cc3ccccc32)ccc1[N+](=O)[O-]. The smallest absolute Gasteiger partial charge is 0.331 e. The molecule has 31 heavy (non-hydrogen) atoms. The van der Waals surface area contributed by atoms with Crippen LogP contribution in [0.2, 0.25) is 0 Å². The van der Waals surface area contributed by atoms with E-state index in [0.29, 0.717) is 36.9 Å². The standard InChI is InChI=1S/C23H22N2O6/c1-31-20-12-15(6-7-19(20)25(29)30)21(26)24-11-10-23(9-8-17(14-23)22(27)28)13-16-4-2-3-5-18(16)24/h2-7,12,14H,8-11,13H2,1H3,(H,27,28). The van der Waals surface area contributed by atoms with E-state index in [9.17, 15) is 24.8 Å². The zero-order valence-corrected chi connectivity index (χ0v) is 17.0. The number of nitro groups is 1. The van der Waals surface area contributed by atoms with Crippen LogP contribution in [0.25, 0.3) is 0 Å². The van der Waals surface area contributed by atoms with Crippen LogP contribution in [0, 0.1) is 15.5 Å². The number of hydrogen-bond donors (Lipinski definition) is 1. The number of anilines is 1. The maximum atomic E-state index is 13.4. The van der Waals surface area contributed by atoms with Crippen LogP contribution in [0.3, 0.4) is 0 Å². The van der Waals surface area contributed by atoms with Crippen molar-refractivity contribution in [2.24, 2.45) is 5.41 Å². The molecule has 1 aliphatic carbocycles. The average molecular weight is 422 g/mol. The van der Waals surface area contributed by atoms with Crippen LogP contribution in [0.15, 0.2) is 54.1 Å². The van der Waals surface area contributed by atoms with Gasteiger partial charge >= 0.3 is 11.7 Å². The van der Waals surface area contributed by atoms with Gasteiger partial charge in [-0.25, -0.2) is 4.79 Å². The third-order valence-corrected chi connectivity index (χ3v) is 6.17. The normalized spacial score (nSPS) is 20.0. The first-order valence-corrected chi connectivity index (χ1v) is 10.0. The second kappa shape index (κ2) is 7.86. The van der Waals surface area contributed by atoms with Crippen molar-refractivity contribution in [1.82, 2.24) is 0 Å². The Balaban J connectivity index is 1.71. The molecule has 0 fully saturated rings. The number of para-hydroxylation sites is 1. The van der Waals surface area contributed by atoms with Crippen molar-refractivity contribution in [3.63, 3.8) is 0 Å². The zero-order chi connectivity index (χ0) is 22.2. The minimum Gasteiger partial charge on any atom is -0.490 e. The third-order valence-electron chi connectivity index (χ3n) is 6.17. The van der Waals surface area contributed by atoms with Gasteiger partial charge in [-0.2, -0.15) is 0 Å². The van der Waals surface area contributed by atoms with Crippen molar-refractivity contribution in [3.05, 3.63) is 75.4 Å². The first-order valence-electron chi connectivity index (χ1n) is 10.0. The van der Waals surface area contributed by atoms with Gasteiger partial charge in [-0.3, -0.25) is 14.9 Å². The summed E-state index contributed by atoms with van der Waals surface area (Å²) >= 11 is 0. The van der Waals surface area contributed by atoms with Crippen LogP contribution in [0.1, 0.15) is 35.2 Å². The van der Waals surface area contributed by atoms with Gasteiger partial charge in [0.1, 0.15) is 0 Å². The van der Waals surface area contributed by atoms with Gasteiger partial charge in [-0.05, 0) is 48.8 Å². The molecule has 2 aromatic carbocycles. The van der Waals surface area contributed by atoms with Crippen molar-refractivity contribution in [3.8, 4) is 5.75 Å². The lowest BCUT2D eigenvalue weighted by Crippen LogP contribution is -2.33. The highest BCUT2D eigenvalue weighted by molar-refractivity contribution is 6.07. The summed E-state index contributed by atoms with van der Waals surface area (Å²) in [5.41, 5.74) is 1.97. The predicted octanol–water partition coefficient (Wildman–Crippen LogP) is 3.99. The Morgan fingerprint density at radius 3 is 2.65 bits per heavy atom. The molecule has 1 spiro atoms. The zero-order valence-electron chi connectivity index (χ0n) is 17.0. The fraction of sp³-hybridized carbons (Fsp3) is 0.304. The molecule has 0 aromatic heterocycles. The number of carbonyl (C=O) groups is 2. The highest BCUT2D eigenvalue weighted by Crippen LogP contribution is 2.46. The summed E-state index contributed by atoms with van der Waals surface area (Å²) in [4.78, 5) is 37.2. The maximum absolute atomic E-state index is 13.4. The largest absolute Gasteiger partial charge is 0.490 e. The first kappa shape index (κ1) is 20.6. The van der Waals surface area contributed by atoms with E-state index < -0.39 is 10.9 Å². The molecule has 160 valence electrons. The summed E-state index contributed by atoms with van der Waals surface area (Å²) in [6.07, 6.45) is 4.41. The first-order chi connectivity index (χ1) is 14.8. The number of carboxylic acids is 1. The van der Waals surface area contributed by atoms with Crippen molar-refractivity contribution >= 4 is 23.3 Å². The van der Waals surface area contributed by atoms with Crippen LogP contribution >= 0.6 is 0 Å². The number of aliphatic carboxylic acids is 1. The minimum absolute atomic E-state index is 0.0280. The number of carbonyl (C=O) groups excluding carboxylic acids is 1. The molecule has 1 atom stereocenters. The predicted molar refractivity (Wildman–Crippen MR) is 113 cm³/mol. The fourth-order valence-electron chi connectivity index (χ4n) is 4.58. The van der Waals surface area contributed by atoms with E-state index in [1.165, 1.54) is 25.3 Å². The fourth-order valence-corrected chi connectivity index (χ4v) is 4.58. The van der Waals surface area contributed by atoms with E-state index in [2.05, 4.69) is 0 Å². The molecule has 1 amide bonds. The van der Waals surface area contributed by atoms with Gasteiger partial charge in [0.05, 0.1) is 12.0 Å². The Bertz CT molecular complexity index is 1110. The molecule has 1 aliphatic heterocycles. The third kappa shape index (κ3) is 3.76. The topological polar surface area (TPSA) is 110 Å². The van der Waals surface area contributed by atoms with Gasteiger partial charge in [0.15, 0.2) is 5.75 Å². The highest BCUT2D eigenvalue weighted by atomic mass is 16.6. The molecule has 2 aliphatic rings. The molecule has 0 bridgehead atoms. The van der Waals surface area contributed by atoms with E-state index in [4.69, 9.17) is 4.74 Å². The van der Waals surface area contributed by atoms with E-state index in [1.807, 2.05) is 30.3 Å². The number of hydrogen-bond acceptors (Lipinski definition) is 5.